The summed E-state index contributed by atoms with van der Waals surface area (Å²) < 4.78 is 29.7. The van der Waals surface area contributed by atoms with Crippen molar-refractivity contribution in [2.45, 2.75) is 18.2 Å². The van der Waals surface area contributed by atoms with Crippen molar-refractivity contribution in [3.63, 3.8) is 0 Å². The fourth-order valence-corrected chi connectivity index (χ4v) is 7.52. The lowest BCUT2D eigenvalue weighted by atomic mass is 10.1. The number of anilines is 1. The molecule has 0 spiro atoms. The van der Waals surface area contributed by atoms with Crippen molar-refractivity contribution < 1.29 is 17.9 Å². The minimum Gasteiger partial charge on any atom is -0.484 e. The number of amides is 1. The van der Waals surface area contributed by atoms with Gasteiger partial charge in [0, 0.05) is 16.0 Å². The highest BCUT2D eigenvalue weighted by molar-refractivity contribution is 8.16. The second-order valence-corrected chi connectivity index (χ2v) is 10.8. The Morgan fingerprint density at radius 1 is 1.24 bits per heavy atom. The van der Waals surface area contributed by atoms with Gasteiger partial charge in [-0.05, 0) is 48.9 Å². The maximum Gasteiger partial charge on any atom is 0.285 e. The molecule has 6 nitrogen and oxygen atoms in total. The van der Waals surface area contributed by atoms with Crippen LogP contribution in [-0.2, 0) is 14.6 Å². The van der Waals surface area contributed by atoms with Crippen LogP contribution in [0.25, 0.3) is 0 Å². The highest BCUT2D eigenvalue weighted by Gasteiger charge is 2.49. The lowest BCUT2D eigenvalue weighted by Gasteiger charge is -2.24. The summed E-state index contributed by atoms with van der Waals surface area (Å²) in [6.07, 6.45) is 0. The number of ether oxygens (including phenoxy) is 1. The van der Waals surface area contributed by atoms with Gasteiger partial charge in [0.2, 0.25) is 0 Å². The van der Waals surface area contributed by atoms with Crippen LogP contribution in [0.5, 0.6) is 5.75 Å². The first kappa shape index (κ1) is 20.3. The van der Waals surface area contributed by atoms with Gasteiger partial charge in [0.25, 0.3) is 5.91 Å². The first-order chi connectivity index (χ1) is 13.8. The Kier molecular flexibility index (Phi) is 5.59. The van der Waals surface area contributed by atoms with E-state index in [-0.39, 0.29) is 29.4 Å². The maximum atomic E-state index is 12.4. The summed E-state index contributed by atoms with van der Waals surface area (Å²) in [4.78, 5) is 18.6. The molecule has 1 amide bonds. The lowest BCUT2D eigenvalue weighted by molar-refractivity contribution is -0.119. The molecule has 2 aromatic carbocycles. The van der Waals surface area contributed by atoms with E-state index in [1.165, 1.54) is 11.8 Å². The second kappa shape index (κ2) is 8.01. The lowest BCUT2D eigenvalue weighted by Crippen LogP contribution is -2.37. The number of fused-ring (bicyclic) bond motifs is 1. The quantitative estimate of drug-likeness (QED) is 0.711. The number of thioether (sulfide) groups is 1. The van der Waals surface area contributed by atoms with Gasteiger partial charge < -0.3 is 9.64 Å². The van der Waals surface area contributed by atoms with Gasteiger partial charge in [-0.25, -0.2) is 8.42 Å². The number of rotatable bonds is 4. The molecule has 2 atom stereocenters. The third-order valence-electron chi connectivity index (χ3n) is 4.74. The SMILES string of the molecule is Cc1cccc(N2C(=NC(=O)COc3ccc(Cl)cc3)S[C@@H]3CS(=O)(=O)C[C@H]32)c1. The van der Waals surface area contributed by atoms with Crippen molar-refractivity contribution in [1.29, 1.82) is 0 Å². The molecule has 9 heteroatoms. The molecule has 2 aromatic rings. The van der Waals surface area contributed by atoms with Crippen molar-refractivity contribution in [1.82, 2.24) is 0 Å². The van der Waals surface area contributed by atoms with Gasteiger partial charge in [-0.1, -0.05) is 35.5 Å². The number of carbonyl (C=O) groups is 1. The van der Waals surface area contributed by atoms with Crippen molar-refractivity contribution >= 4 is 50.0 Å². The van der Waals surface area contributed by atoms with Crippen LogP contribution in [0.1, 0.15) is 5.56 Å². The molecule has 2 heterocycles. The monoisotopic (exact) mass is 450 g/mol. The maximum absolute atomic E-state index is 12.4. The van der Waals surface area contributed by atoms with Gasteiger partial charge in [-0.3, -0.25) is 4.79 Å². The minimum atomic E-state index is -3.10. The van der Waals surface area contributed by atoms with Crippen LogP contribution in [0, 0.1) is 6.92 Å². The van der Waals surface area contributed by atoms with E-state index in [9.17, 15) is 13.2 Å². The molecule has 0 unspecified atom stereocenters. The molecule has 2 aliphatic rings. The Morgan fingerprint density at radius 2 is 2.00 bits per heavy atom. The molecule has 0 bridgehead atoms. The van der Waals surface area contributed by atoms with E-state index in [4.69, 9.17) is 16.3 Å². The first-order valence-electron chi connectivity index (χ1n) is 9.04. The molecule has 152 valence electrons. The summed E-state index contributed by atoms with van der Waals surface area (Å²) >= 11 is 7.19. The predicted molar refractivity (Wildman–Crippen MR) is 117 cm³/mol. The van der Waals surface area contributed by atoms with Gasteiger partial charge in [-0.15, -0.1) is 0 Å². The molecule has 2 fully saturated rings. The molecule has 4 rings (SSSR count). The fraction of sp³-hybridized carbons (Fsp3) is 0.300. The van der Waals surface area contributed by atoms with Crippen LogP contribution < -0.4 is 9.64 Å². The van der Waals surface area contributed by atoms with Crippen molar-refractivity contribution in [3.8, 4) is 5.75 Å². The largest absolute Gasteiger partial charge is 0.484 e. The number of hydrogen-bond acceptors (Lipinski definition) is 5. The molecule has 0 N–H and O–H groups in total. The molecule has 2 aliphatic heterocycles. The van der Waals surface area contributed by atoms with E-state index in [1.807, 2.05) is 36.1 Å². The summed E-state index contributed by atoms with van der Waals surface area (Å²) in [7, 11) is -3.10. The molecular weight excluding hydrogens is 432 g/mol. The number of halogens is 1. The topological polar surface area (TPSA) is 76.0 Å². The van der Waals surface area contributed by atoms with E-state index in [1.54, 1.807) is 24.3 Å². The highest BCUT2D eigenvalue weighted by atomic mass is 35.5. The minimum absolute atomic E-state index is 0.0626. The van der Waals surface area contributed by atoms with Gasteiger partial charge in [0.1, 0.15) is 5.75 Å². The van der Waals surface area contributed by atoms with Crippen LogP contribution in [-0.4, -0.2) is 48.9 Å². The van der Waals surface area contributed by atoms with Crippen LogP contribution >= 0.6 is 23.4 Å². The smallest absolute Gasteiger partial charge is 0.285 e. The van der Waals surface area contributed by atoms with Crippen LogP contribution in [0.4, 0.5) is 5.69 Å². The standard InChI is InChI=1S/C20H19ClN2O4S2/c1-13-3-2-4-15(9-13)23-17-11-29(25,26)12-18(17)28-20(23)22-19(24)10-27-16-7-5-14(21)6-8-16/h2-9,17-18H,10-12H2,1H3/t17-,18-/m1/s1. The number of aliphatic imine (C=N–C) groups is 1. The zero-order chi connectivity index (χ0) is 20.6. The average molecular weight is 451 g/mol. The molecule has 0 aromatic heterocycles. The summed E-state index contributed by atoms with van der Waals surface area (Å²) in [6.45, 7) is 1.76. The van der Waals surface area contributed by atoms with Crippen molar-refractivity contribution in [2.75, 3.05) is 23.0 Å². The Bertz CT molecular complexity index is 1070. The first-order valence-corrected chi connectivity index (χ1v) is 12.1. The number of aryl methyl sites for hydroxylation is 1. The second-order valence-electron chi connectivity index (χ2n) is 7.04. The van der Waals surface area contributed by atoms with Crippen molar-refractivity contribution in [3.05, 3.63) is 59.1 Å². The third kappa shape index (κ3) is 4.60. The summed E-state index contributed by atoms with van der Waals surface area (Å²) in [5.41, 5.74) is 1.89. The zero-order valence-electron chi connectivity index (χ0n) is 15.6. The Morgan fingerprint density at radius 3 is 2.72 bits per heavy atom. The van der Waals surface area contributed by atoms with Gasteiger partial charge in [0.15, 0.2) is 21.6 Å². The summed E-state index contributed by atoms with van der Waals surface area (Å²) in [6, 6.07) is 14.3. The Balaban J connectivity index is 1.56. The fourth-order valence-electron chi connectivity index (χ4n) is 3.46. The Labute approximate surface area is 178 Å². The van der Waals surface area contributed by atoms with E-state index in [0.717, 1.165) is 11.3 Å². The predicted octanol–water partition coefficient (Wildman–Crippen LogP) is 3.33. The van der Waals surface area contributed by atoms with Crippen LogP contribution in [0.3, 0.4) is 0 Å². The number of nitrogens with zero attached hydrogens (tertiary/aromatic N) is 2. The highest BCUT2D eigenvalue weighted by Crippen LogP contribution is 2.41. The summed E-state index contributed by atoms with van der Waals surface area (Å²) in [5, 5.41) is 0.969. The van der Waals surface area contributed by atoms with E-state index in [2.05, 4.69) is 4.99 Å². The van der Waals surface area contributed by atoms with Gasteiger partial charge >= 0.3 is 0 Å². The number of sulfone groups is 1. The molecule has 0 radical (unpaired) electrons. The number of amidine groups is 1. The average Bonchev–Trinajstić information content (AvgIpc) is 3.12. The molecule has 2 saturated heterocycles. The molecule has 0 aliphatic carbocycles. The van der Waals surface area contributed by atoms with E-state index in [0.29, 0.717) is 15.9 Å². The Hall–Kier alpha value is -2.03. The summed E-state index contributed by atoms with van der Waals surface area (Å²) in [5.74, 6) is 0.259. The van der Waals surface area contributed by atoms with Crippen molar-refractivity contribution in [2.24, 2.45) is 4.99 Å². The number of hydrogen-bond donors (Lipinski definition) is 0. The number of benzene rings is 2. The van der Waals surface area contributed by atoms with Crippen LogP contribution in [0.15, 0.2) is 53.5 Å². The normalized spacial score (nSPS) is 23.9. The van der Waals surface area contributed by atoms with Gasteiger partial charge in [-0.2, -0.15) is 4.99 Å². The molecular formula is C20H19ClN2O4S2. The molecule has 0 saturated carbocycles. The third-order valence-corrected chi connectivity index (χ3v) is 8.20. The van der Waals surface area contributed by atoms with Gasteiger partial charge in [0.05, 0.1) is 17.5 Å². The van der Waals surface area contributed by atoms with E-state index >= 15 is 0 Å². The van der Waals surface area contributed by atoms with E-state index < -0.39 is 15.7 Å². The number of carbonyl (C=O) groups excluding carboxylic acids is 1. The zero-order valence-corrected chi connectivity index (χ0v) is 18.0. The molecule has 29 heavy (non-hydrogen) atoms. The van der Waals surface area contributed by atoms with Crippen LogP contribution in [0.2, 0.25) is 5.02 Å².